The normalized spacial score (nSPS) is 18.9. The van der Waals surface area contributed by atoms with Crippen LogP contribution in [0.1, 0.15) is 43.7 Å². The van der Waals surface area contributed by atoms with Gasteiger partial charge in [-0.25, -0.2) is 4.98 Å². The summed E-state index contributed by atoms with van der Waals surface area (Å²) < 4.78 is 0. The first kappa shape index (κ1) is 28.6. The summed E-state index contributed by atoms with van der Waals surface area (Å²) in [5, 5.41) is 21.4. The largest absolute Gasteiger partial charge is 0.366 e. The zero-order valence-corrected chi connectivity index (χ0v) is 23.4. The maximum atomic E-state index is 12.9. The molecule has 0 spiro atoms. The molecule has 4 N–H and O–H groups in total. The van der Waals surface area contributed by atoms with E-state index >= 15 is 0 Å². The molecule has 0 saturated heterocycles. The third-order valence-electron chi connectivity index (χ3n) is 6.88. The van der Waals surface area contributed by atoms with Gasteiger partial charge < -0.3 is 26.2 Å². The van der Waals surface area contributed by atoms with Gasteiger partial charge in [0, 0.05) is 42.9 Å². The second-order valence-corrected chi connectivity index (χ2v) is 10.6. The van der Waals surface area contributed by atoms with Crippen LogP contribution in [0.4, 0.5) is 17.5 Å². The van der Waals surface area contributed by atoms with Gasteiger partial charge in [0.15, 0.2) is 0 Å². The van der Waals surface area contributed by atoms with Crippen LogP contribution in [0.3, 0.4) is 0 Å². The number of nitrogens with one attached hydrogen (secondary N) is 4. The molecule has 208 valence electrons. The van der Waals surface area contributed by atoms with Gasteiger partial charge in [-0.15, -0.1) is 0 Å². The molecule has 0 radical (unpaired) electrons. The number of aromatic nitrogens is 2. The molecule has 2 aromatic rings. The van der Waals surface area contributed by atoms with Crippen LogP contribution >= 0.6 is 0 Å². The molecule has 1 atom stereocenters. The molecule has 0 unspecified atom stereocenters. The fourth-order valence-electron chi connectivity index (χ4n) is 4.25. The topological polar surface area (TPSA) is 135 Å². The highest BCUT2D eigenvalue weighted by molar-refractivity contribution is 5.99. The van der Waals surface area contributed by atoms with Gasteiger partial charge >= 0.3 is 0 Å². The minimum Gasteiger partial charge on any atom is -0.366 e. The van der Waals surface area contributed by atoms with Crippen molar-refractivity contribution in [3.05, 3.63) is 53.2 Å². The molecule has 1 heterocycles. The Morgan fingerprint density at radius 2 is 2.00 bits per heavy atom. The summed E-state index contributed by atoms with van der Waals surface area (Å²) in [4.78, 5) is 36.2. The quantitative estimate of drug-likeness (QED) is 0.267. The molecule has 2 aliphatic rings. The summed E-state index contributed by atoms with van der Waals surface area (Å²) in [6.45, 7) is 2.34. The molecule has 40 heavy (non-hydrogen) atoms. The lowest BCUT2D eigenvalue weighted by Gasteiger charge is -2.33. The van der Waals surface area contributed by atoms with Crippen LogP contribution in [-0.2, 0) is 9.59 Å². The van der Waals surface area contributed by atoms with E-state index in [4.69, 9.17) is 5.26 Å². The van der Waals surface area contributed by atoms with E-state index in [9.17, 15) is 9.59 Å². The van der Waals surface area contributed by atoms with E-state index in [-0.39, 0.29) is 23.8 Å². The number of hydrogen-bond acceptors (Lipinski definition) is 8. The minimum atomic E-state index is -0.548. The van der Waals surface area contributed by atoms with Crippen molar-refractivity contribution in [2.45, 2.75) is 44.7 Å². The lowest BCUT2D eigenvalue weighted by Crippen LogP contribution is -2.46. The average Bonchev–Trinajstić information content (AvgIpc) is 3.74. The van der Waals surface area contributed by atoms with Crippen molar-refractivity contribution in [1.82, 2.24) is 25.5 Å². The monoisotopic (exact) mass is 540 g/mol. The summed E-state index contributed by atoms with van der Waals surface area (Å²) in [7, 11) is 5.40. The van der Waals surface area contributed by atoms with Gasteiger partial charge in [0.2, 0.25) is 17.8 Å². The van der Waals surface area contributed by atoms with Crippen molar-refractivity contribution >= 4 is 29.3 Å². The predicted molar refractivity (Wildman–Crippen MR) is 155 cm³/mol. The number of amides is 2. The fourth-order valence-corrected chi connectivity index (χ4v) is 4.25. The number of hydrogen-bond donors (Lipinski definition) is 4. The SMILES string of the molecule is CNC(=O)/C(=C\CN(C)C)[C@H](C)C(=O)NC1CC(C#Cc2cnc(Nc3cccc(C#N)c3)nc2NC2CC2)C1. The summed E-state index contributed by atoms with van der Waals surface area (Å²) in [5.41, 5.74) is 2.49. The van der Waals surface area contributed by atoms with Gasteiger partial charge in [0.1, 0.15) is 5.82 Å². The number of carbonyl (C=O) groups excluding carboxylic acids is 2. The van der Waals surface area contributed by atoms with Gasteiger partial charge in [0.05, 0.1) is 29.3 Å². The Bertz CT molecular complexity index is 1370. The smallest absolute Gasteiger partial charge is 0.247 e. The summed E-state index contributed by atoms with van der Waals surface area (Å²) in [6.07, 6.45) is 7.21. The van der Waals surface area contributed by atoms with Crippen LogP contribution in [0.5, 0.6) is 0 Å². The maximum absolute atomic E-state index is 12.9. The highest BCUT2D eigenvalue weighted by Crippen LogP contribution is 2.29. The van der Waals surface area contributed by atoms with E-state index in [0.717, 1.165) is 36.9 Å². The Balaban J connectivity index is 1.36. The van der Waals surface area contributed by atoms with Crippen molar-refractivity contribution in [2.24, 2.45) is 11.8 Å². The number of rotatable bonds is 10. The number of benzene rings is 1. The molecular formula is C30H36N8O2. The van der Waals surface area contributed by atoms with Crippen LogP contribution < -0.4 is 21.3 Å². The van der Waals surface area contributed by atoms with E-state index in [1.54, 1.807) is 38.4 Å². The molecule has 10 heteroatoms. The van der Waals surface area contributed by atoms with Crippen molar-refractivity contribution in [2.75, 3.05) is 38.3 Å². The minimum absolute atomic E-state index is 0.0325. The second kappa shape index (κ2) is 13.1. The molecule has 2 saturated carbocycles. The van der Waals surface area contributed by atoms with Crippen molar-refractivity contribution in [1.29, 1.82) is 5.26 Å². The molecular weight excluding hydrogens is 504 g/mol. The first-order valence-electron chi connectivity index (χ1n) is 13.5. The fraction of sp³-hybridized carbons (Fsp3) is 0.433. The summed E-state index contributed by atoms with van der Waals surface area (Å²) in [6, 6.07) is 9.71. The lowest BCUT2D eigenvalue weighted by atomic mass is 9.80. The highest BCUT2D eigenvalue weighted by Gasteiger charge is 2.32. The maximum Gasteiger partial charge on any atom is 0.247 e. The molecule has 0 bridgehead atoms. The van der Waals surface area contributed by atoms with E-state index in [1.807, 2.05) is 31.1 Å². The third-order valence-corrected chi connectivity index (χ3v) is 6.88. The van der Waals surface area contributed by atoms with Gasteiger partial charge in [-0.2, -0.15) is 10.2 Å². The van der Waals surface area contributed by atoms with Gasteiger partial charge in [-0.3, -0.25) is 9.59 Å². The van der Waals surface area contributed by atoms with Gasteiger partial charge in [-0.1, -0.05) is 24.0 Å². The zero-order valence-electron chi connectivity index (χ0n) is 23.4. The number of carbonyl (C=O) groups is 2. The number of anilines is 3. The van der Waals surface area contributed by atoms with E-state index in [2.05, 4.69) is 49.1 Å². The van der Waals surface area contributed by atoms with Crippen LogP contribution in [0.15, 0.2) is 42.1 Å². The molecule has 4 rings (SSSR count). The summed E-state index contributed by atoms with van der Waals surface area (Å²) in [5.74, 6) is 6.88. The Kier molecular flexibility index (Phi) is 9.36. The van der Waals surface area contributed by atoms with Crippen molar-refractivity contribution in [3.8, 4) is 17.9 Å². The first-order valence-corrected chi connectivity index (χ1v) is 13.5. The molecule has 1 aromatic carbocycles. The van der Waals surface area contributed by atoms with Crippen molar-refractivity contribution < 1.29 is 9.59 Å². The Hall–Kier alpha value is -4.41. The number of nitriles is 1. The third kappa shape index (κ3) is 7.81. The predicted octanol–water partition coefficient (Wildman–Crippen LogP) is 2.78. The molecule has 2 fully saturated rings. The van der Waals surface area contributed by atoms with Crippen LogP contribution in [-0.4, -0.2) is 66.5 Å². The molecule has 2 amide bonds. The highest BCUT2D eigenvalue weighted by atomic mass is 16.2. The Labute approximate surface area is 235 Å². The van der Waals surface area contributed by atoms with Crippen molar-refractivity contribution in [3.63, 3.8) is 0 Å². The molecule has 2 aliphatic carbocycles. The van der Waals surface area contributed by atoms with E-state index < -0.39 is 5.92 Å². The van der Waals surface area contributed by atoms with Gasteiger partial charge in [0.25, 0.3) is 0 Å². The Morgan fingerprint density at radius 1 is 1.23 bits per heavy atom. The first-order chi connectivity index (χ1) is 19.2. The molecule has 10 nitrogen and oxygen atoms in total. The van der Waals surface area contributed by atoms with Gasteiger partial charge in [-0.05, 0) is 64.9 Å². The van der Waals surface area contributed by atoms with E-state index in [0.29, 0.717) is 35.5 Å². The van der Waals surface area contributed by atoms with Crippen LogP contribution in [0.2, 0.25) is 0 Å². The average molecular weight is 541 g/mol. The molecule has 1 aromatic heterocycles. The lowest BCUT2D eigenvalue weighted by molar-refractivity contribution is -0.127. The standard InChI is InChI=1S/C30H36N8O2/c1-19(26(29(40)32-2)12-13-38(3)4)28(39)35-25-14-20(15-25)8-9-22-18-33-30(37-27(22)34-23-10-11-23)36-24-7-5-6-21(16-24)17-31/h5-7,12,16,18-20,23,25H,10-11,13-15H2,1-4H3,(H,32,40)(H,35,39)(H2,33,34,36,37)/b26-12-/t19-,20?,25?/m0/s1. The van der Waals surface area contributed by atoms with Crippen LogP contribution in [0.25, 0.3) is 0 Å². The zero-order chi connectivity index (χ0) is 28.6. The molecule has 0 aliphatic heterocycles. The Morgan fingerprint density at radius 3 is 2.67 bits per heavy atom. The number of likely N-dealkylation sites (N-methyl/N-ethyl adjacent to an activating group) is 2. The van der Waals surface area contributed by atoms with E-state index in [1.165, 1.54) is 0 Å². The summed E-state index contributed by atoms with van der Waals surface area (Å²) >= 11 is 0. The second-order valence-electron chi connectivity index (χ2n) is 10.6. The van der Waals surface area contributed by atoms with Crippen LogP contribution in [0, 0.1) is 35.0 Å². The number of nitrogens with zero attached hydrogens (tertiary/aromatic N) is 4.